The fourth-order valence-electron chi connectivity index (χ4n) is 1.39. The Balaban J connectivity index is 2.73. The maximum absolute atomic E-state index is 10.4. The molecular formula is C12H13Cl2NO2. The van der Waals surface area contributed by atoms with Crippen LogP contribution in [0, 0.1) is 0 Å². The molecule has 92 valence electrons. The number of aliphatic carboxylic acids is 1. The van der Waals surface area contributed by atoms with E-state index in [1.54, 1.807) is 25.3 Å². The molecule has 0 amide bonds. The second kappa shape index (κ2) is 6.64. The number of rotatable bonds is 5. The SMILES string of the molecule is CN[C@@H](C=CC(=O)O)Cc1ccc(Cl)c(Cl)c1. The standard InChI is InChI=1S/C12H13Cl2NO2/c1-15-9(3-5-12(16)17)6-8-2-4-10(13)11(14)7-8/h2-5,7,9,15H,6H2,1H3,(H,16,17)/t9-/m0/s1. The molecule has 3 nitrogen and oxygen atoms in total. The first-order valence-electron chi connectivity index (χ1n) is 5.05. The van der Waals surface area contributed by atoms with Crippen LogP contribution in [0.3, 0.4) is 0 Å². The average molecular weight is 274 g/mol. The van der Waals surface area contributed by atoms with E-state index in [-0.39, 0.29) is 6.04 Å². The van der Waals surface area contributed by atoms with Gasteiger partial charge in [0.15, 0.2) is 0 Å². The third-order valence-electron chi connectivity index (χ3n) is 2.28. The van der Waals surface area contributed by atoms with Gasteiger partial charge >= 0.3 is 5.97 Å². The van der Waals surface area contributed by atoms with E-state index in [0.717, 1.165) is 11.6 Å². The summed E-state index contributed by atoms with van der Waals surface area (Å²) in [6, 6.07) is 5.33. The van der Waals surface area contributed by atoms with Crippen molar-refractivity contribution in [3.8, 4) is 0 Å². The summed E-state index contributed by atoms with van der Waals surface area (Å²) in [5, 5.41) is 12.6. The van der Waals surface area contributed by atoms with E-state index in [0.29, 0.717) is 16.5 Å². The number of carboxylic acid groups (broad SMARTS) is 1. The van der Waals surface area contributed by atoms with Gasteiger partial charge in [-0.1, -0.05) is 35.3 Å². The molecule has 0 radical (unpaired) electrons. The Morgan fingerprint density at radius 3 is 2.71 bits per heavy atom. The molecule has 0 aliphatic rings. The lowest BCUT2D eigenvalue weighted by Crippen LogP contribution is -2.25. The molecule has 1 atom stereocenters. The number of halogens is 2. The van der Waals surface area contributed by atoms with E-state index in [1.807, 2.05) is 6.07 Å². The molecule has 0 aromatic heterocycles. The van der Waals surface area contributed by atoms with E-state index in [2.05, 4.69) is 5.32 Å². The van der Waals surface area contributed by atoms with Crippen LogP contribution in [-0.2, 0) is 11.2 Å². The molecule has 1 rings (SSSR count). The van der Waals surface area contributed by atoms with Crippen molar-refractivity contribution >= 4 is 29.2 Å². The number of carbonyl (C=O) groups is 1. The first kappa shape index (κ1) is 14.0. The largest absolute Gasteiger partial charge is 0.478 e. The van der Waals surface area contributed by atoms with Crippen molar-refractivity contribution in [3.05, 3.63) is 46.0 Å². The van der Waals surface area contributed by atoms with Crippen LogP contribution >= 0.6 is 23.2 Å². The van der Waals surface area contributed by atoms with E-state index in [4.69, 9.17) is 28.3 Å². The van der Waals surface area contributed by atoms with Gasteiger partial charge in [0.1, 0.15) is 0 Å². The number of nitrogens with one attached hydrogen (secondary N) is 1. The molecule has 0 aliphatic carbocycles. The molecule has 0 fully saturated rings. The average Bonchev–Trinajstić information content (AvgIpc) is 2.28. The maximum atomic E-state index is 10.4. The summed E-state index contributed by atoms with van der Waals surface area (Å²) in [6.45, 7) is 0. The van der Waals surface area contributed by atoms with Crippen LogP contribution in [0.4, 0.5) is 0 Å². The molecule has 1 aromatic carbocycles. The first-order chi connectivity index (χ1) is 8.02. The highest BCUT2D eigenvalue weighted by atomic mass is 35.5. The van der Waals surface area contributed by atoms with Gasteiger partial charge in [0.25, 0.3) is 0 Å². The lowest BCUT2D eigenvalue weighted by molar-refractivity contribution is -0.131. The van der Waals surface area contributed by atoms with Crippen molar-refractivity contribution in [1.29, 1.82) is 0 Å². The van der Waals surface area contributed by atoms with Crippen LogP contribution in [0.25, 0.3) is 0 Å². The number of carboxylic acids is 1. The Morgan fingerprint density at radius 1 is 1.47 bits per heavy atom. The highest BCUT2D eigenvalue weighted by Gasteiger charge is 2.06. The normalized spacial score (nSPS) is 12.9. The van der Waals surface area contributed by atoms with E-state index in [9.17, 15) is 4.79 Å². The van der Waals surface area contributed by atoms with Crippen molar-refractivity contribution in [1.82, 2.24) is 5.32 Å². The molecule has 0 saturated carbocycles. The van der Waals surface area contributed by atoms with E-state index >= 15 is 0 Å². The Labute approximate surface area is 110 Å². The molecular weight excluding hydrogens is 261 g/mol. The molecule has 17 heavy (non-hydrogen) atoms. The summed E-state index contributed by atoms with van der Waals surface area (Å²) >= 11 is 11.7. The van der Waals surface area contributed by atoms with Crippen LogP contribution in [0.1, 0.15) is 5.56 Å². The zero-order valence-corrected chi connectivity index (χ0v) is 10.8. The third kappa shape index (κ3) is 4.77. The zero-order valence-electron chi connectivity index (χ0n) is 9.28. The molecule has 2 N–H and O–H groups in total. The van der Waals surface area contributed by atoms with Crippen LogP contribution in [0.2, 0.25) is 10.0 Å². The van der Waals surface area contributed by atoms with Crippen LogP contribution < -0.4 is 5.32 Å². The van der Waals surface area contributed by atoms with E-state index < -0.39 is 5.97 Å². The Hall–Kier alpha value is -1.03. The van der Waals surface area contributed by atoms with Gasteiger partial charge in [0, 0.05) is 12.1 Å². The van der Waals surface area contributed by atoms with Crippen LogP contribution in [0.15, 0.2) is 30.4 Å². The summed E-state index contributed by atoms with van der Waals surface area (Å²) in [5.74, 6) is -0.959. The molecule has 0 saturated heterocycles. The molecule has 5 heteroatoms. The number of hydrogen-bond donors (Lipinski definition) is 2. The Bertz CT molecular complexity index is 433. The van der Waals surface area contributed by atoms with Gasteiger partial charge in [-0.3, -0.25) is 0 Å². The Morgan fingerprint density at radius 2 is 2.18 bits per heavy atom. The molecule has 0 bridgehead atoms. The van der Waals surface area contributed by atoms with Crippen molar-refractivity contribution in [3.63, 3.8) is 0 Å². The van der Waals surface area contributed by atoms with Gasteiger partial charge in [-0.2, -0.15) is 0 Å². The van der Waals surface area contributed by atoms with Gasteiger partial charge < -0.3 is 10.4 Å². The van der Waals surface area contributed by atoms with Gasteiger partial charge in [0.2, 0.25) is 0 Å². The minimum absolute atomic E-state index is 0.0525. The molecule has 1 aromatic rings. The number of benzene rings is 1. The first-order valence-corrected chi connectivity index (χ1v) is 5.81. The minimum Gasteiger partial charge on any atom is -0.478 e. The second-order valence-electron chi connectivity index (χ2n) is 3.55. The number of hydrogen-bond acceptors (Lipinski definition) is 2. The molecule has 0 spiro atoms. The smallest absolute Gasteiger partial charge is 0.328 e. The van der Waals surface area contributed by atoms with Crippen molar-refractivity contribution < 1.29 is 9.90 Å². The van der Waals surface area contributed by atoms with Gasteiger partial charge in [-0.15, -0.1) is 0 Å². The fraction of sp³-hybridized carbons (Fsp3) is 0.250. The highest BCUT2D eigenvalue weighted by molar-refractivity contribution is 6.42. The summed E-state index contributed by atoms with van der Waals surface area (Å²) in [7, 11) is 1.77. The third-order valence-corrected chi connectivity index (χ3v) is 3.02. The summed E-state index contributed by atoms with van der Waals surface area (Å²) in [5.41, 5.74) is 0.994. The molecule has 0 heterocycles. The lowest BCUT2D eigenvalue weighted by Gasteiger charge is -2.11. The predicted octanol–water partition coefficient (Wildman–Crippen LogP) is 2.76. The molecule has 0 aliphatic heterocycles. The fourth-order valence-corrected chi connectivity index (χ4v) is 1.71. The van der Waals surface area contributed by atoms with Crippen LogP contribution in [-0.4, -0.2) is 24.2 Å². The lowest BCUT2D eigenvalue weighted by atomic mass is 10.1. The second-order valence-corrected chi connectivity index (χ2v) is 4.36. The van der Waals surface area contributed by atoms with Gasteiger partial charge in [-0.05, 0) is 31.2 Å². The quantitative estimate of drug-likeness (QED) is 0.812. The summed E-state index contributed by atoms with van der Waals surface area (Å²) in [6.07, 6.45) is 3.38. The van der Waals surface area contributed by atoms with Gasteiger partial charge in [-0.25, -0.2) is 4.79 Å². The topological polar surface area (TPSA) is 49.3 Å². The highest BCUT2D eigenvalue weighted by Crippen LogP contribution is 2.23. The number of likely N-dealkylation sites (N-methyl/N-ethyl adjacent to an activating group) is 1. The van der Waals surface area contributed by atoms with Crippen LogP contribution in [0.5, 0.6) is 0 Å². The minimum atomic E-state index is -0.959. The Kier molecular flexibility index (Phi) is 5.48. The summed E-state index contributed by atoms with van der Waals surface area (Å²) < 4.78 is 0. The van der Waals surface area contributed by atoms with Gasteiger partial charge in [0.05, 0.1) is 10.0 Å². The maximum Gasteiger partial charge on any atom is 0.328 e. The zero-order chi connectivity index (χ0) is 12.8. The van der Waals surface area contributed by atoms with Crippen molar-refractivity contribution in [2.24, 2.45) is 0 Å². The predicted molar refractivity (Wildman–Crippen MR) is 69.8 cm³/mol. The van der Waals surface area contributed by atoms with Crippen molar-refractivity contribution in [2.75, 3.05) is 7.05 Å². The monoisotopic (exact) mass is 273 g/mol. The summed E-state index contributed by atoms with van der Waals surface area (Å²) in [4.78, 5) is 10.4. The van der Waals surface area contributed by atoms with E-state index in [1.165, 1.54) is 0 Å². The van der Waals surface area contributed by atoms with Crippen molar-refractivity contribution in [2.45, 2.75) is 12.5 Å². The molecule has 0 unspecified atom stereocenters.